The Kier molecular flexibility index (Phi) is 7.14. The second kappa shape index (κ2) is 9.34. The lowest BCUT2D eigenvalue weighted by molar-refractivity contribution is -0.137. The van der Waals surface area contributed by atoms with Crippen LogP contribution in [0.4, 0.5) is 18.9 Å². The first-order valence-electron chi connectivity index (χ1n) is 8.76. The number of hydrogen-bond acceptors (Lipinski definition) is 4. The Labute approximate surface area is 161 Å². The van der Waals surface area contributed by atoms with Crippen LogP contribution < -0.4 is 19.5 Å². The molecular weight excluding hydrogens is 375 g/mol. The summed E-state index contributed by atoms with van der Waals surface area (Å²) in [4.78, 5) is 12.6. The number of ether oxygens (including phenoxy) is 3. The molecule has 2 rings (SSSR count). The molecule has 0 aromatic heterocycles. The van der Waals surface area contributed by atoms with E-state index in [1.165, 1.54) is 25.3 Å². The highest BCUT2D eigenvalue weighted by Crippen LogP contribution is 2.35. The van der Waals surface area contributed by atoms with Gasteiger partial charge in [0.2, 0.25) is 0 Å². The minimum absolute atomic E-state index is 0.0537. The van der Waals surface area contributed by atoms with Crippen LogP contribution in [0.5, 0.6) is 17.2 Å². The molecule has 1 N–H and O–H groups in total. The number of methoxy groups -OCH3 is 1. The smallest absolute Gasteiger partial charge is 0.416 e. The van der Waals surface area contributed by atoms with E-state index in [1.807, 2.05) is 6.92 Å². The summed E-state index contributed by atoms with van der Waals surface area (Å²) in [6.07, 6.45) is -3.87. The van der Waals surface area contributed by atoms with E-state index in [9.17, 15) is 18.0 Å². The van der Waals surface area contributed by atoms with Gasteiger partial charge >= 0.3 is 6.18 Å². The molecule has 0 aliphatic rings. The van der Waals surface area contributed by atoms with Crippen molar-refractivity contribution in [1.82, 2.24) is 0 Å². The number of anilines is 1. The maximum absolute atomic E-state index is 13.0. The minimum Gasteiger partial charge on any atom is -0.493 e. The normalized spacial score (nSPS) is 11.1. The van der Waals surface area contributed by atoms with Gasteiger partial charge in [0.05, 0.1) is 31.6 Å². The van der Waals surface area contributed by atoms with Gasteiger partial charge in [-0.25, -0.2) is 0 Å². The van der Waals surface area contributed by atoms with Gasteiger partial charge in [-0.3, -0.25) is 4.79 Å². The van der Waals surface area contributed by atoms with Crippen molar-refractivity contribution in [2.24, 2.45) is 0 Å². The predicted octanol–water partition coefficient (Wildman–Crippen LogP) is 5.15. The highest BCUT2D eigenvalue weighted by Gasteiger charge is 2.31. The molecule has 1 amide bonds. The summed E-state index contributed by atoms with van der Waals surface area (Å²) in [6.45, 7) is 4.33. The number of alkyl halides is 3. The molecule has 2 aromatic carbocycles. The van der Waals surface area contributed by atoms with E-state index >= 15 is 0 Å². The maximum Gasteiger partial charge on any atom is 0.416 e. The number of nitrogens with one attached hydrogen (secondary N) is 1. The first-order valence-corrected chi connectivity index (χ1v) is 8.76. The number of rotatable bonds is 8. The van der Waals surface area contributed by atoms with Gasteiger partial charge in [0.1, 0.15) is 5.75 Å². The van der Waals surface area contributed by atoms with E-state index in [-0.39, 0.29) is 17.0 Å². The van der Waals surface area contributed by atoms with Gasteiger partial charge in [-0.2, -0.15) is 13.2 Å². The first kappa shape index (κ1) is 21.4. The molecule has 8 heteroatoms. The molecule has 0 saturated carbocycles. The Morgan fingerprint density at radius 1 is 1.00 bits per heavy atom. The maximum atomic E-state index is 13.0. The van der Waals surface area contributed by atoms with Crippen molar-refractivity contribution in [3.8, 4) is 17.2 Å². The molecule has 0 radical (unpaired) electrons. The van der Waals surface area contributed by atoms with E-state index in [0.29, 0.717) is 31.1 Å². The Hall–Kier alpha value is -2.90. The largest absolute Gasteiger partial charge is 0.493 e. The van der Waals surface area contributed by atoms with Crippen LogP contribution in [0.25, 0.3) is 0 Å². The highest BCUT2D eigenvalue weighted by atomic mass is 19.4. The Bertz CT molecular complexity index is 822. The topological polar surface area (TPSA) is 56.8 Å². The number of carbonyl (C=O) groups is 1. The summed E-state index contributed by atoms with van der Waals surface area (Å²) in [6, 6.07) is 7.50. The summed E-state index contributed by atoms with van der Waals surface area (Å²) >= 11 is 0. The molecule has 5 nitrogen and oxygen atoms in total. The van der Waals surface area contributed by atoms with Gasteiger partial charge in [0, 0.05) is 5.56 Å². The second-order valence-electron chi connectivity index (χ2n) is 5.81. The molecule has 0 heterocycles. The van der Waals surface area contributed by atoms with Crippen molar-refractivity contribution in [1.29, 1.82) is 0 Å². The number of amides is 1. The quantitative estimate of drug-likeness (QED) is 0.669. The lowest BCUT2D eigenvalue weighted by atomic mass is 10.1. The fourth-order valence-corrected chi connectivity index (χ4v) is 2.42. The minimum atomic E-state index is -4.54. The average molecular weight is 397 g/mol. The van der Waals surface area contributed by atoms with E-state index in [4.69, 9.17) is 14.2 Å². The zero-order valence-electron chi connectivity index (χ0n) is 15.9. The van der Waals surface area contributed by atoms with E-state index in [0.717, 1.165) is 12.1 Å². The zero-order valence-corrected chi connectivity index (χ0v) is 15.9. The number of carbonyl (C=O) groups excluding carboxylic acids is 1. The Morgan fingerprint density at radius 3 is 2.32 bits per heavy atom. The van der Waals surface area contributed by atoms with E-state index in [1.54, 1.807) is 13.0 Å². The molecular formula is C20H22F3NO4. The van der Waals surface area contributed by atoms with Gasteiger partial charge < -0.3 is 19.5 Å². The molecule has 0 unspecified atom stereocenters. The summed E-state index contributed by atoms with van der Waals surface area (Å²) in [5.41, 5.74) is -0.721. The number of hydrogen-bond donors (Lipinski definition) is 1. The third-order valence-corrected chi connectivity index (χ3v) is 3.74. The predicted molar refractivity (Wildman–Crippen MR) is 99.3 cm³/mol. The van der Waals surface area contributed by atoms with Crippen LogP contribution in [0.3, 0.4) is 0 Å². The summed E-state index contributed by atoms with van der Waals surface area (Å²) in [7, 11) is 1.47. The van der Waals surface area contributed by atoms with E-state index < -0.39 is 17.6 Å². The molecule has 0 fully saturated rings. The molecule has 0 atom stereocenters. The van der Waals surface area contributed by atoms with E-state index in [2.05, 4.69) is 5.32 Å². The van der Waals surface area contributed by atoms with Gasteiger partial charge in [-0.1, -0.05) is 6.92 Å². The molecule has 0 saturated heterocycles. The molecule has 28 heavy (non-hydrogen) atoms. The summed E-state index contributed by atoms with van der Waals surface area (Å²) < 4.78 is 55.2. The third-order valence-electron chi connectivity index (χ3n) is 3.74. The van der Waals surface area contributed by atoms with Gasteiger partial charge in [0.15, 0.2) is 11.5 Å². The highest BCUT2D eigenvalue weighted by molar-refractivity contribution is 6.05. The lowest BCUT2D eigenvalue weighted by Gasteiger charge is -2.16. The van der Waals surface area contributed by atoms with Crippen LogP contribution in [0.15, 0.2) is 36.4 Å². The van der Waals surface area contributed by atoms with Crippen LogP contribution >= 0.6 is 0 Å². The van der Waals surface area contributed by atoms with Gasteiger partial charge in [-0.15, -0.1) is 0 Å². The van der Waals surface area contributed by atoms with Gasteiger partial charge in [0.25, 0.3) is 5.91 Å². The van der Waals surface area contributed by atoms with Crippen molar-refractivity contribution in [3.05, 3.63) is 47.5 Å². The summed E-state index contributed by atoms with van der Waals surface area (Å²) in [5.74, 6) is 0.389. The number of benzene rings is 2. The zero-order chi connectivity index (χ0) is 20.7. The standard InChI is InChI=1S/C20H22F3NO4/c1-4-10-28-16-9-7-14(20(21,22)23)12-15(16)24-19(25)13-6-8-17(26-3)18(11-13)27-5-2/h6-9,11-12H,4-5,10H2,1-3H3,(H,24,25). The van der Waals surface area contributed by atoms with Crippen molar-refractivity contribution >= 4 is 11.6 Å². The van der Waals surface area contributed by atoms with Crippen LogP contribution in [0.2, 0.25) is 0 Å². The van der Waals surface area contributed by atoms with Crippen molar-refractivity contribution in [2.45, 2.75) is 26.4 Å². The lowest BCUT2D eigenvalue weighted by Crippen LogP contribution is -2.15. The fraction of sp³-hybridized carbons (Fsp3) is 0.350. The second-order valence-corrected chi connectivity index (χ2v) is 5.81. The van der Waals surface area contributed by atoms with Gasteiger partial charge in [-0.05, 0) is 49.7 Å². The Balaban J connectivity index is 2.34. The fourth-order valence-electron chi connectivity index (χ4n) is 2.42. The van der Waals surface area contributed by atoms with Crippen LogP contribution in [-0.4, -0.2) is 26.2 Å². The van der Waals surface area contributed by atoms with Crippen LogP contribution in [-0.2, 0) is 6.18 Å². The van der Waals surface area contributed by atoms with Crippen molar-refractivity contribution in [2.75, 3.05) is 25.6 Å². The van der Waals surface area contributed by atoms with Crippen LogP contribution in [0.1, 0.15) is 36.2 Å². The van der Waals surface area contributed by atoms with Crippen molar-refractivity contribution in [3.63, 3.8) is 0 Å². The Morgan fingerprint density at radius 2 is 1.71 bits per heavy atom. The SMILES string of the molecule is CCCOc1ccc(C(F)(F)F)cc1NC(=O)c1ccc(OC)c(OCC)c1. The first-order chi connectivity index (χ1) is 13.3. The monoisotopic (exact) mass is 397 g/mol. The average Bonchev–Trinajstić information content (AvgIpc) is 2.66. The molecule has 0 spiro atoms. The number of halogens is 3. The molecule has 2 aromatic rings. The van der Waals surface area contributed by atoms with Crippen LogP contribution in [0, 0.1) is 0 Å². The molecule has 0 aliphatic heterocycles. The molecule has 0 aliphatic carbocycles. The molecule has 152 valence electrons. The molecule has 0 bridgehead atoms. The summed E-state index contributed by atoms with van der Waals surface area (Å²) in [5, 5.41) is 2.49. The third kappa shape index (κ3) is 5.31. The van der Waals surface area contributed by atoms with Crippen molar-refractivity contribution < 1.29 is 32.2 Å².